The predicted octanol–water partition coefficient (Wildman–Crippen LogP) is 1.66. The lowest BCUT2D eigenvalue weighted by Crippen LogP contribution is -2.42. The minimum atomic E-state index is 0.0458. The lowest BCUT2D eigenvalue weighted by Gasteiger charge is -2.36. The van der Waals surface area contributed by atoms with E-state index in [4.69, 9.17) is 5.73 Å². The van der Waals surface area contributed by atoms with Gasteiger partial charge in [0.15, 0.2) is 0 Å². The van der Waals surface area contributed by atoms with Crippen molar-refractivity contribution >= 4 is 23.0 Å². The molecule has 0 aromatic heterocycles. The fraction of sp³-hybridized carbons (Fsp3) is 0.533. The number of carbonyl (C=O) groups is 1. The van der Waals surface area contributed by atoms with E-state index >= 15 is 0 Å². The molecule has 20 heavy (non-hydrogen) atoms. The monoisotopic (exact) mass is 274 g/mol. The van der Waals surface area contributed by atoms with E-state index in [0.29, 0.717) is 18.5 Å². The van der Waals surface area contributed by atoms with Gasteiger partial charge in [-0.1, -0.05) is 0 Å². The van der Waals surface area contributed by atoms with Crippen molar-refractivity contribution in [3.05, 3.63) is 17.7 Å². The van der Waals surface area contributed by atoms with E-state index in [0.717, 1.165) is 42.0 Å². The van der Waals surface area contributed by atoms with E-state index in [1.165, 1.54) is 0 Å². The topological polar surface area (TPSA) is 70.4 Å². The molecule has 2 atom stereocenters. The van der Waals surface area contributed by atoms with E-state index in [2.05, 4.69) is 29.5 Å². The number of anilines is 3. The Hall–Kier alpha value is -1.75. The first-order valence-electron chi connectivity index (χ1n) is 7.22. The van der Waals surface area contributed by atoms with Crippen LogP contribution < -0.4 is 16.4 Å². The third-order valence-corrected chi connectivity index (χ3v) is 4.47. The molecule has 3 rings (SSSR count). The Morgan fingerprint density at radius 3 is 3.00 bits per heavy atom. The first kappa shape index (κ1) is 13.2. The van der Waals surface area contributed by atoms with Crippen LogP contribution in [0, 0.1) is 0 Å². The molecule has 4 N–H and O–H groups in total. The first-order chi connectivity index (χ1) is 9.52. The molecule has 0 bridgehead atoms. The van der Waals surface area contributed by atoms with Gasteiger partial charge in [0.2, 0.25) is 5.91 Å². The van der Waals surface area contributed by atoms with Crippen molar-refractivity contribution in [1.82, 2.24) is 4.90 Å². The number of hydrogen-bond donors (Lipinski definition) is 3. The predicted molar refractivity (Wildman–Crippen MR) is 81.9 cm³/mol. The summed E-state index contributed by atoms with van der Waals surface area (Å²) in [5, 5.41) is 6.42. The molecule has 0 radical (unpaired) electrons. The number of nitrogens with two attached hydrogens (primary N) is 1. The SMILES string of the molecule is CC1CC(Nc2cc3c(cc2N)CC(=O)N3)CCN1C. The number of rotatable bonds is 2. The molecule has 0 spiro atoms. The number of nitrogens with zero attached hydrogens (tertiary/aromatic N) is 1. The van der Waals surface area contributed by atoms with Crippen LogP contribution in [0.3, 0.4) is 0 Å². The summed E-state index contributed by atoms with van der Waals surface area (Å²) in [6.07, 6.45) is 2.66. The van der Waals surface area contributed by atoms with E-state index in [9.17, 15) is 4.79 Å². The largest absolute Gasteiger partial charge is 0.397 e. The van der Waals surface area contributed by atoms with Gasteiger partial charge < -0.3 is 21.3 Å². The highest BCUT2D eigenvalue weighted by molar-refractivity contribution is 6.00. The summed E-state index contributed by atoms with van der Waals surface area (Å²) in [6, 6.07) is 4.90. The van der Waals surface area contributed by atoms with E-state index in [1.807, 2.05) is 12.1 Å². The second-order valence-corrected chi connectivity index (χ2v) is 6.02. The number of piperidine rings is 1. The molecule has 0 saturated carbocycles. The Morgan fingerprint density at radius 2 is 2.25 bits per heavy atom. The maximum atomic E-state index is 11.4. The molecule has 2 heterocycles. The molecule has 2 unspecified atom stereocenters. The second-order valence-electron chi connectivity index (χ2n) is 6.02. The van der Waals surface area contributed by atoms with E-state index in [-0.39, 0.29) is 5.91 Å². The van der Waals surface area contributed by atoms with E-state index in [1.54, 1.807) is 0 Å². The van der Waals surface area contributed by atoms with Gasteiger partial charge in [0.25, 0.3) is 0 Å². The van der Waals surface area contributed by atoms with Crippen LogP contribution >= 0.6 is 0 Å². The molecular formula is C15H22N4O. The number of likely N-dealkylation sites (tertiary alicyclic amines) is 1. The van der Waals surface area contributed by atoms with Gasteiger partial charge in [0.05, 0.1) is 17.8 Å². The molecule has 1 amide bonds. The molecule has 108 valence electrons. The molecule has 5 nitrogen and oxygen atoms in total. The van der Waals surface area contributed by atoms with Crippen LogP contribution in [-0.2, 0) is 11.2 Å². The third kappa shape index (κ3) is 2.45. The number of hydrogen-bond acceptors (Lipinski definition) is 4. The summed E-state index contributed by atoms with van der Waals surface area (Å²) in [6.45, 7) is 3.35. The van der Waals surface area contributed by atoms with Crippen molar-refractivity contribution in [3.8, 4) is 0 Å². The summed E-state index contributed by atoms with van der Waals surface area (Å²) in [7, 11) is 2.17. The fourth-order valence-corrected chi connectivity index (χ4v) is 3.06. The van der Waals surface area contributed by atoms with Crippen LogP contribution in [-0.4, -0.2) is 36.5 Å². The second kappa shape index (κ2) is 4.98. The van der Waals surface area contributed by atoms with Crippen molar-refractivity contribution in [2.24, 2.45) is 0 Å². The first-order valence-corrected chi connectivity index (χ1v) is 7.22. The van der Waals surface area contributed by atoms with Gasteiger partial charge in [-0.3, -0.25) is 4.79 Å². The quantitative estimate of drug-likeness (QED) is 0.717. The number of nitrogen functional groups attached to an aromatic ring is 1. The molecule has 2 aliphatic rings. The highest BCUT2D eigenvalue weighted by Crippen LogP contribution is 2.32. The van der Waals surface area contributed by atoms with Crippen LogP contribution in [0.1, 0.15) is 25.3 Å². The van der Waals surface area contributed by atoms with Gasteiger partial charge in [0, 0.05) is 24.3 Å². The van der Waals surface area contributed by atoms with Crippen LogP contribution in [0.4, 0.5) is 17.1 Å². The van der Waals surface area contributed by atoms with Crippen molar-refractivity contribution in [2.45, 2.75) is 38.3 Å². The van der Waals surface area contributed by atoms with Gasteiger partial charge in [-0.05, 0) is 44.5 Å². The summed E-state index contributed by atoms with van der Waals surface area (Å²) in [5.74, 6) is 0.0458. The number of benzene rings is 1. The molecule has 0 aliphatic carbocycles. The highest BCUT2D eigenvalue weighted by Gasteiger charge is 2.24. The van der Waals surface area contributed by atoms with Gasteiger partial charge >= 0.3 is 0 Å². The maximum Gasteiger partial charge on any atom is 0.228 e. The lowest BCUT2D eigenvalue weighted by molar-refractivity contribution is -0.115. The Bertz CT molecular complexity index is 543. The number of fused-ring (bicyclic) bond motifs is 1. The summed E-state index contributed by atoms with van der Waals surface area (Å²) < 4.78 is 0. The van der Waals surface area contributed by atoms with Gasteiger partial charge in [-0.15, -0.1) is 0 Å². The lowest BCUT2D eigenvalue weighted by atomic mass is 9.98. The Labute approximate surface area is 119 Å². The smallest absolute Gasteiger partial charge is 0.228 e. The maximum absolute atomic E-state index is 11.4. The summed E-state index contributed by atoms with van der Waals surface area (Å²) in [4.78, 5) is 13.8. The number of nitrogens with one attached hydrogen (secondary N) is 2. The number of amides is 1. The zero-order valence-electron chi connectivity index (χ0n) is 12.1. The van der Waals surface area contributed by atoms with Crippen LogP contribution in [0.15, 0.2) is 12.1 Å². The van der Waals surface area contributed by atoms with Gasteiger partial charge in [-0.2, -0.15) is 0 Å². The molecule has 2 aliphatic heterocycles. The third-order valence-electron chi connectivity index (χ3n) is 4.47. The van der Waals surface area contributed by atoms with Crippen LogP contribution in [0.5, 0.6) is 0 Å². The van der Waals surface area contributed by atoms with Gasteiger partial charge in [-0.25, -0.2) is 0 Å². The Kier molecular flexibility index (Phi) is 3.30. The van der Waals surface area contributed by atoms with E-state index < -0.39 is 0 Å². The van der Waals surface area contributed by atoms with Crippen molar-refractivity contribution in [2.75, 3.05) is 30.0 Å². The van der Waals surface area contributed by atoms with Crippen LogP contribution in [0.2, 0.25) is 0 Å². The van der Waals surface area contributed by atoms with Crippen molar-refractivity contribution < 1.29 is 4.79 Å². The molecule has 1 aromatic rings. The Morgan fingerprint density at radius 1 is 1.45 bits per heavy atom. The van der Waals surface area contributed by atoms with Gasteiger partial charge in [0.1, 0.15) is 0 Å². The fourth-order valence-electron chi connectivity index (χ4n) is 3.06. The normalized spacial score (nSPS) is 26.2. The molecule has 1 fully saturated rings. The van der Waals surface area contributed by atoms with Crippen LogP contribution in [0.25, 0.3) is 0 Å². The zero-order chi connectivity index (χ0) is 14.3. The summed E-state index contributed by atoms with van der Waals surface area (Å²) in [5.41, 5.74) is 9.66. The molecule has 5 heteroatoms. The minimum absolute atomic E-state index is 0.0458. The number of carbonyl (C=O) groups excluding carboxylic acids is 1. The standard InChI is InChI=1S/C15H22N4O/c1-9-5-11(3-4-19(9)2)17-14-8-13-10(6-12(14)16)7-15(20)18-13/h6,8-9,11,17H,3-5,7,16H2,1-2H3,(H,18,20). The molecule has 1 aromatic carbocycles. The average molecular weight is 274 g/mol. The molecule has 1 saturated heterocycles. The van der Waals surface area contributed by atoms with Crippen molar-refractivity contribution in [1.29, 1.82) is 0 Å². The minimum Gasteiger partial charge on any atom is -0.397 e. The summed E-state index contributed by atoms with van der Waals surface area (Å²) >= 11 is 0. The highest BCUT2D eigenvalue weighted by atomic mass is 16.1. The average Bonchev–Trinajstić information content (AvgIpc) is 2.73. The Balaban J connectivity index is 1.75. The van der Waals surface area contributed by atoms with Crippen molar-refractivity contribution in [3.63, 3.8) is 0 Å². The molecular weight excluding hydrogens is 252 g/mol. The zero-order valence-corrected chi connectivity index (χ0v) is 12.1.